The van der Waals surface area contributed by atoms with E-state index in [-0.39, 0.29) is 23.0 Å². The second-order valence-corrected chi connectivity index (χ2v) is 6.90. The van der Waals surface area contributed by atoms with Crippen LogP contribution in [0.1, 0.15) is 22.9 Å². The number of amides is 1. The molecule has 0 bridgehead atoms. The summed E-state index contributed by atoms with van der Waals surface area (Å²) < 4.78 is 66.6. The van der Waals surface area contributed by atoms with E-state index in [1.807, 2.05) is 0 Å². The van der Waals surface area contributed by atoms with Gasteiger partial charge in [0, 0.05) is 30.1 Å². The number of fused-ring (bicyclic) bond motifs is 1. The Balaban J connectivity index is 1.62. The quantitative estimate of drug-likeness (QED) is 0.441. The van der Waals surface area contributed by atoms with Gasteiger partial charge in [0.1, 0.15) is 11.4 Å². The topological polar surface area (TPSA) is 107 Å². The number of carbonyl (C=O) groups excluding carboxylic acids is 1. The zero-order chi connectivity index (χ0) is 24.5. The van der Waals surface area contributed by atoms with Crippen LogP contribution in [0.15, 0.2) is 48.8 Å². The molecule has 0 saturated carbocycles. The van der Waals surface area contributed by atoms with Crippen molar-refractivity contribution in [1.82, 2.24) is 24.9 Å². The maximum Gasteiger partial charge on any atom is 0.416 e. The van der Waals surface area contributed by atoms with E-state index in [2.05, 4.69) is 20.4 Å². The van der Waals surface area contributed by atoms with Crippen molar-refractivity contribution in [3.05, 3.63) is 71.3 Å². The van der Waals surface area contributed by atoms with Gasteiger partial charge in [0.25, 0.3) is 5.91 Å². The summed E-state index contributed by atoms with van der Waals surface area (Å²) in [7, 11) is -0.528. The number of rotatable bonds is 5. The molecule has 0 fully saturated rings. The highest BCUT2D eigenvalue weighted by atomic mass is 19.4. The molecule has 0 aliphatic heterocycles. The normalized spacial score (nSPS) is 11.9. The van der Waals surface area contributed by atoms with Crippen LogP contribution in [0.5, 0.6) is 5.88 Å². The second-order valence-electron chi connectivity index (χ2n) is 6.90. The Labute approximate surface area is 185 Å². The van der Waals surface area contributed by atoms with Gasteiger partial charge >= 0.3 is 6.18 Å². The number of halogens is 4. The van der Waals surface area contributed by atoms with Crippen LogP contribution in [0, 0.1) is 5.82 Å². The zero-order valence-electron chi connectivity index (χ0n) is 17.7. The van der Waals surface area contributed by atoms with Crippen molar-refractivity contribution < 1.29 is 28.5 Å². The number of alkyl halides is 3. The Bertz CT molecular complexity index is 1380. The molecule has 33 heavy (non-hydrogen) atoms. The van der Waals surface area contributed by atoms with Crippen LogP contribution < -0.4 is 15.8 Å². The molecule has 0 saturated heterocycles. The van der Waals surface area contributed by atoms with Crippen molar-refractivity contribution >= 4 is 17.5 Å². The third-order valence-corrected chi connectivity index (χ3v) is 4.73. The van der Waals surface area contributed by atoms with Crippen molar-refractivity contribution in [1.29, 1.82) is 0 Å². The predicted molar refractivity (Wildman–Crippen MR) is 110 cm³/mol. The number of pyridine rings is 2. The molecule has 12 heteroatoms. The minimum absolute atomic E-state index is 0.0800. The van der Waals surface area contributed by atoms with Gasteiger partial charge in [-0.1, -0.05) is 0 Å². The lowest BCUT2D eigenvalue weighted by molar-refractivity contribution is -0.137. The summed E-state index contributed by atoms with van der Waals surface area (Å²) in [6.07, 6.45) is -1.63. The van der Waals surface area contributed by atoms with Gasteiger partial charge in [-0.15, -0.1) is 5.10 Å². The molecule has 1 aromatic carbocycles. The Morgan fingerprint density at radius 1 is 1.24 bits per heavy atom. The standard InChI is InChI=1S/C21H16F4N6O2/c1-33-19-15(18(32)27-10-13-6-14(21(23,24)25)2-3-16(13)22)7-12(9-28-19)11-4-5-31-17(8-11)29-20(26)30-31/h2-9H,10H2,1H3,(H2,26,30)(H,27,32)/i1D. The van der Waals surface area contributed by atoms with Crippen LogP contribution in [0.4, 0.5) is 23.5 Å². The fourth-order valence-electron chi connectivity index (χ4n) is 3.12. The Kier molecular flexibility index (Phi) is 5.24. The van der Waals surface area contributed by atoms with Crippen LogP contribution in [0.2, 0.25) is 0 Å². The van der Waals surface area contributed by atoms with E-state index in [4.69, 9.17) is 11.8 Å². The zero-order valence-corrected chi connectivity index (χ0v) is 16.7. The third kappa shape index (κ3) is 4.54. The highest BCUT2D eigenvalue weighted by molar-refractivity contribution is 5.97. The van der Waals surface area contributed by atoms with E-state index >= 15 is 0 Å². The number of nitrogens with zero attached hydrogens (tertiary/aromatic N) is 4. The predicted octanol–water partition coefficient (Wildman–Crippen LogP) is 3.47. The number of nitrogen functional groups attached to an aromatic ring is 1. The Hall–Kier alpha value is -4.22. The molecule has 3 N–H and O–H groups in total. The lowest BCUT2D eigenvalue weighted by Crippen LogP contribution is -2.24. The van der Waals surface area contributed by atoms with Gasteiger partial charge in [-0.25, -0.2) is 13.9 Å². The number of aromatic nitrogens is 4. The molecule has 4 rings (SSSR count). The van der Waals surface area contributed by atoms with Crippen molar-refractivity contribution in [3.8, 4) is 17.0 Å². The fraction of sp³-hybridized carbons (Fsp3) is 0.143. The molecule has 4 aromatic rings. The van der Waals surface area contributed by atoms with Gasteiger partial charge in [-0.05, 0) is 42.0 Å². The molecule has 0 aliphatic rings. The number of nitrogens with one attached hydrogen (secondary N) is 1. The summed E-state index contributed by atoms with van der Waals surface area (Å²) in [6.45, 7) is -0.510. The number of hydrogen-bond donors (Lipinski definition) is 2. The summed E-state index contributed by atoms with van der Waals surface area (Å²) >= 11 is 0. The first kappa shape index (κ1) is 20.7. The molecule has 0 spiro atoms. The van der Waals surface area contributed by atoms with Crippen molar-refractivity contribution in [2.45, 2.75) is 12.7 Å². The van der Waals surface area contributed by atoms with Crippen LogP contribution >= 0.6 is 0 Å². The van der Waals surface area contributed by atoms with E-state index in [0.29, 0.717) is 35.0 Å². The van der Waals surface area contributed by atoms with E-state index in [1.54, 1.807) is 18.3 Å². The third-order valence-electron chi connectivity index (χ3n) is 4.73. The fourth-order valence-corrected chi connectivity index (χ4v) is 3.12. The second kappa shape index (κ2) is 8.37. The van der Waals surface area contributed by atoms with Crippen molar-refractivity contribution in [2.75, 3.05) is 12.8 Å². The van der Waals surface area contributed by atoms with Crippen molar-refractivity contribution in [3.63, 3.8) is 0 Å². The van der Waals surface area contributed by atoms with Gasteiger partial charge in [0.05, 0.1) is 14.0 Å². The summed E-state index contributed by atoms with van der Waals surface area (Å²) in [5.74, 6) is -1.75. The average Bonchev–Trinajstić information content (AvgIpc) is 3.17. The van der Waals surface area contributed by atoms with Gasteiger partial charge in [0.15, 0.2) is 5.65 Å². The SMILES string of the molecule is [2H]COc1ncc(-c2ccn3nc(N)nc3c2)cc1C(=O)NCc1cc(C(F)(F)F)ccc1F. The lowest BCUT2D eigenvalue weighted by atomic mass is 10.1. The first-order valence-electron chi connectivity index (χ1n) is 10.0. The molecule has 8 nitrogen and oxygen atoms in total. The molecular formula is C21H16F4N6O2. The molecule has 170 valence electrons. The summed E-state index contributed by atoms with van der Waals surface area (Å²) in [5, 5.41) is 6.35. The molecule has 0 aliphatic carbocycles. The van der Waals surface area contributed by atoms with E-state index in [9.17, 15) is 22.4 Å². The minimum Gasteiger partial charge on any atom is -0.480 e. The summed E-state index contributed by atoms with van der Waals surface area (Å²) in [6, 6.07) is 6.71. The van der Waals surface area contributed by atoms with E-state index in [0.717, 1.165) is 0 Å². The smallest absolute Gasteiger partial charge is 0.416 e. The average molecular weight is 461 g/mol. The molecule has 0 unspecified atom stereocenters. The highest BCUT2D eigenvalue weighted by Gasteiger charge is 2.31. The highest BCUT2D eigenvalue weighted by Crippen LogP contribution is 2.30. The molecule has 1 amide bonds. The lowest BCUT2D eigenvalue weighted by Gasteiger charge is -2.12. The maximum atomic E-state index is 14.0. The molecule has 0 radical (unpaired) electrons. The molecule has 3 aromatic heterocycles. The van der Waals surface area contributed by atoms with Gasteiger partial charge < -0.3 is 15.8 Å². The monoisotopic (exact) mass is 461 g/mol. The number of benzene rings is 1. The van der Waals surface area contributed by atoms with Crippen LogP contribution in [-0.2, 0) is 12.7 Å². The van der Waals surface area contributed by atoms with Crippen molar-refractivity contribution in [2.24, 2.45) is 0 Å². The first-order valence-corrected chi connectivity index (χ1v) is 9.34. The Morgan fingerprint density at radius 3 is 2.82 bits per heavy atom. The number of anilines is 1. The number of hydrogen-bond acceptors (Lipinski definition) is 6. The van der Waals surface area contributed by atoms with Crippen LogP contribution in [0.3, 0.4) is 0 Å². The maximum absolute atomic E-state index is 14.0. The minimum atomic E-state index is -4.66. The molecule has 0 atom stereocenters. The number of ether oxygens (including phenoxy) is 1. The largest absolute Gasteiger partial charge is 0.480 e. The van der Waals surface area contributed by atoms with Crippen LogP contribution in [0.25, 0.3) is 16.8 Å². The van der Waals surface area contributed by atoms with Crippen LogP contribution in [-0.4, -0.2) is 32.6 Å². The summed E-state index contributed by atoms with van der Waals surface area (Å²) in [4.78, 5) is 21.0. The molecule has 3 heterocycles. The number of nitrogens with two attached hydrogens (primary N) is 1. The Morgan fingerprint density at radius 2 is 2.06 bits per heavy atom. The number of carbonyl (C=O) groups is 1. The van der Waals surface area contributed by atoms with Gasteiger partial charge in [-0.2, -0.15) is 18.2 Å². The molecular weight excluding hydrogens is 444 g/mol. The van der Waals surface area contributed by atoms with Gasteiger partial charge in [0.2, 0.25) is 11.8 Å². The van der Waals surface area contributed by atoms with Gasteiger partial charge in [-0.3, -0.25) is 4.79 Å². The summed E-state index contributed by atoms with van der Waals surface area (Å²) in [5.41, 5.74) is 5.67. The van der Waals surface area contributed by atoms with E-state index < -0.39 is 37.1 Å². The van der Waals surface area contributed by atoms with E-state index in [1.165, 1.54) is 16.8 Å². The number of methoxy groups -OCH3 is 1. The first-order chi connectivity index (χ1) is 16.2.